The van der Waals surface area contributed by atoms with Crippen LogP contribution in [0.1, 0.15) is 0 Å². The SMILES string of the molecule is C=C(C#N)C(=C)C(=O)O.C=CC(N)=O.N. The van der Waals surface area contributed by atoms with Crippen LogP contribution in [0.2, 0.25) is 0 Å². The van der Waals surface area contributed by atoms with Gasteiger partial charge < -0.3 is 17.0 Å². The van der Waals surface area contributed by atoms with E-state index in [9.17, 15) is 9.59 Å². The summed E-state index contributed by atoms with van der Waals surface area (Å²) in [6, 6.07) is 1.57. The second-order valence-corrected chi connectivity index (χ2v) is 1.98. The number of carbonyl (C=O) groups excluding carboxylic acids is 1. The van der Waals surface area contributed by atoms with Crippen molar-refractivity contribution in [2.45, 2.75) is 0 Å². The van der Waals surface area contributed by atoms with Crippen LogP contribution in [0.5, 0.6) is 0 Å². The van der Waals surface area contributed by atoms with E-state index in [2.05, 4.69) is 25.5 Å². The molecule has 6 heteroatoms. The first-order valence-corrected chi connectivity index (χ1v) is 3.30. The fourth-order valence-electron chi connectivity index (χ4n) is 0.197. The van der Waals surface area contributed by atoms with Gasteiger partial charge in [0.05, 0.1) is 17.2 Å². The predicted octanol–water partition coefficient (Wildman–Crippen LogP) is 0.527. The minimum absolute atomic E-state index is 0. The van der Waals surface area contributed by atoms with Gasteiger partial charge in [-0.3, -0.25) is 4.79 Å². The summed E-state index contributed by atoms with van der Waals surface area (Å²) in [5, 5.41) is 16.3. The topological polar surface area (TPSA) is 139 Å². The number of aliphatic carboxylic acids is 1. The van der Waals surface area contributed by atoms with Crippen molar-refractivity contribution in [3.63, 3.8) is 0 Å². The highest BCUT2D eigenvalue weighted by atomic mass is 16.4. The Morgan fingerprint density at radius 1 is 1.40 bits per heavy atom. The molecule has 82 valence electrons. The van der Waals surface area contributed by atoms with E-state index in [1.54, 1.807) is 6.07 Å². The number of nitrogens with zero attached hydrogens (tertiary/aromatic N) is 1. The zero-order chi connectivity index (χ0) is 11.7. The standard InChI is InChI=1S/C6H5NO2.C3H5NO.H3N/c1-4(3-7)5(2)6(8)9;1-2-3(4)5;/h1-2H2,(H,8,9);2H,1H2,(H2,4,5);1H3. The molecule has 6 N–H and O–H groups in total. The maximum absolute atomic E-state index is 9.99. The molecule has 0 unspecified atom stereocenters. The van der Waals surface area contributed by atoms with Gasteiger partial charge in [0, 0.05) is 0 Å². The lowest BCUT2D eigenvalue weighted by molar-refractivity contribution is -0.132. The number of carboxylic acid groups (broad SMARTS) is 1. The van der Waals surface area contributed by atoms with Crippen molar-refractivity contribution >= 4 is 11.9 Å². The first kappa shape index (κ1) is 18.4. The van der Waals surface area contributed by atoms with Crippen molar-refractivity contribution in [2.75, 3.05) is 0 Å². The van der Waals surface area contributed by atoms with Crippen molar-refractivity contribution in [3.8, 4) is 6.07 Å². The minimum Gasteiger partial charge on any atom is -0.478 e. The first-order chi connectivity index (χ1) is 6.36. The van der Waals surface area contributed by atoms with Gasteiger partial charge in [-0.1, -0.05) is 19.7 Å². The Bertz CT molecular complexity index is 326. The summed E-state index contributed by atoms with van der Waals surface area (Å²) in [6.45, 7) is 9.34. The van der Waals surface area contributed by atoms with Crippen molar-refractivity contribution in [1.29, 1.82) is 5.26 Å². The van der Waals surface area contributed by atoms with Gasteiger partial charge in [-0.2, -0.15) is 5.26 Å². The molecular weight excluding hydrogens is 198 g/mol. The molecular formula is C9H13N3O3. The number of carbonyl (C=O) groups is 2. The Labute approximate surface area is 87.6 Å². The van der Waals surface area contributed by atoms with E-state index in [0.717, 1.165) is 6.08 Å². The minimum atomic E-state index is -1.21. The molecule has 15 heavy (non-hydrogen) atoms. The summed E-state index contributed by atoms with van der Waals surface area (Å²) in [7, 11) is 0. The predicted molar refractivity (Wildman–Crippen MR) is 55.9 cm³/mol. The molecule has 0 aromatic rings. The molecule has 0 aliphatic rings. The van der Waals surface area contributed by atoms with Crippen LogP contribution in [0.3, 0.4) is 0 Å². The molecule has 1 amide bonds. The summed E-state index contributed by atoms with van der Waals surface area (Å²) in [5.74, 6) is -1.69. The third-order valence-corrected chi connectivity index (χ3v) is 0.959. The molecule has 0 aliphatic carbocycles. The molecule has 0 aromatic heterocycles. The van der Waals surface area contributed by atoms with E-state index in [1.807, 2.05) is 0 Å². The van der Waals surface area contributed by atoms with E-state index in [-0.39, 0.29) is 17.3 Å². The molecule has 0 aliphatic heterocycles. The van der Waals surface area contributed by atoms with E-state index >= 15 is 0 Å². The number of hydrogen-bond donors (Lipinski definition) is 3. The van der Waals surface area contributed by atoms with Crippen LogP contribution in [0.15, 0.2) is 37.0 Å². The molecule has 0 atom stereocenters. The van der Waals surface area contributed by atoms with Crippen molar-refractivity contribution in [1.82, 2.24) is 6.15 Å². The Morgan fingerprint density at radius 3 is 1.80 bits per heavy atom. The van der Waals surface area contributed by atoms with Gasteiger partial charge in [0.25, 0.3) is 0 Å². The highest BCUT2D eigenvalue weighted by Crippen LogP contribution is 2.01. The number of carboxylic acids is 1. The summed E-state index contributed by atoms with van der Waals surface area (Å²) in [6.07, 6.45) is 1.06. The number of amides is 1. The number of primary amides is 1. The summed E-state index contributed by atoms with van der Waals surface area (Å²) in [5.41, 5.74) is 4.17. The molecule has 0 radical (unpaired) electrons. The molecule has 6 nitrogen and oxygen atoms in total. The monoisotopic (exact) mass is 211 g/mol. The molecule has 0 rings (SSSR count). The molecule has 0 saturated heterocycles. The molecule has 0 aromatic carbocycles. The van der Waals surface area contributed by atoms with Gasteiger partial charge in [-0.15, -0.1) is 0 Å². The largest absolute Gasteiger partial charge is 0.478 e. The number of hydrogen-bond acceptors (Lipinski definition) is 4. The molecule has 0 bridgehead atoms. The number of rotatable bonds is 3. The van der Waals surface area contributed by atoms with Crippen molar-refractivity contribution < 1.29 is 14.7 Å². The Balaban J connectivity index is -0.000000208. The van der Waals surface area contributed by atoms with E-state index in [4.69, 9.17) is 10.4 Å². The van der Waals surface area contributed by atoms with Crippen LogP contribution in [0.4, 0.5) is 0 Å². The third kappa shape index (κ3) is 11.6. The van der Waals surface area contributed by atoms with Crippen LogP contribution in [-0.4, -0.2) is 17.0 Å². The van der Waals surface area contributed by atoms with Crippen molar-refractivity contribution in [2.24, 2.45) is 5.73 Å². The summed E-state index contributed by atoms with van der Waals surface area (Å²) in [4.78, 5) is 19.5. The maximum atomic E-state index is 9.99. The van der Waals surface area contributed by atoms with Crippen LogP contribution in [0, 0.1) is 11.3 Å². The number of nitriles is 1. The zero-order valence-electron chi connectivity index (χ0n) is 8.19. The fourth-order valence-corrected chi connectivity index (χ4v) is 0.197. The lowest BCUT2D eigenvalue weighted by Crippen LogP contribution is -2.04. The Hall–Kier alpha value is -2.39. The summed E-state index contributed by atoms with van der Waals surface area (Å²) >= 11 is 0. The number of nitrogens with two attached hydrogens (primary N) is 1. The van der Waals surface area contributed by atoms with E-state index in [1.165, 1.54) is 0 Å². The smallest absolute Gasteiger partial charge is 0.336 e. The van der Waals surface area contributed by atoms with Gasteiger partial charge in [0.2, 0.25) is 5.91 Å². The summed E-state index contributed by atoms with van der Waals surface area (Å²) < 4.78 is 0. The third-order valence-electron chi connectivity index (χ3n) is 0.959. The van der Waals surface area contributed by atoms with Crippen LogP contribution < -0.4 is 11.9 Å². The lowest BCUT2D eigenvalue weighted by atomic mass is 10.2. The average Bonchev–Trinajstić information content (AvgIpc) is 2.16. The zero-order valence-corrected chi connectivity index (χ0v) is 8.19. The van der Waals surface area contributed by atoms with Gasteiger partial charge in [-0.25, -0.2) is 4.79 Å². The van der Waals surface area contributed by atoms with Gasteiger partial charge in [0.1, 0.15) is 0 Å². The molecule has 0 saturated carbocycles. The second-order valence-electron chi connectivity index (χ2n) is 1.98. The lowest BCUT2D eigenvalue weighted by Gasteiger charge is -1.90. The van der Waals surface area contributed by atoms with E-state index in [0.29, 0.717) is 0 Å². The molecule has 0 spiro atoms. The van der Waals surface area contributed by atoms with Crippen LogP contribution in [-0.2, 0) is 9.59 Å². The fraction of sp³-hybridized carbons (Fsp3) is 0. The van der Waals surface area contributed by atoms with Crippen LogP contribution in [0.25, 0.3) is 0 Å². The van der Waals surface area contributed by atoms with Crippen molar-refractivity contribution in [3.05, 3.63) is 37.0 Å². The van der Waals surface area contributed by atoms with E-state index < -0.39 is 11.9 Å². The highest BCUT2D eigenvalue weighted by molar-refractivity contribution is 5.92. The molecule has 0 fully saturated rings. The van der Waals surface area contributed by atoms with Gasteiger partial charge in [0.15, 0.2) is 0 Å². The molecule has 0 heterocycles. The second kappa shape index (κ2) is 9.70. The highest BCUT2D eigenvalue weighted by Gasteiger charge is 2.05. The van der Waals surface area contributed by atoms with Gasteiger partial charge in [-0.05, 0) is 6.08 Å². The Kier molecular flexibility index (Phi) is 11.9. The quantitative estimate of drug-likeness (QED) is 0.355. The maximum Gasteiger partial charge on any atom is 0.336 e. The Morgan fingerprint density at radius 2 is 1.73 bits per heavy atom. The normalized spacial score (nSPS) is 6.60. The average molecular weight is 211 g/mol. The van der Waals surface area contributed by atoms with Crippen LogP contribution >= 0.6 is 0 Å². The first-order valence-electron chi connectivity index (χ1n) is 3.30. The van der Waals surface area contributed by atoms with Gasteiger partial charge >= 0.3 is 5.97 Å².